The third kappa shape index (κ3) is 1.74. The van der Waals surface area contributed by atoms with Crippen LogP contribution in [-0.4, -0.2) is 27.2 Å². The molecule has 0 aromatic heterocycles. The Morgan fingerprint density at radius 3 is 2.82 bits per heavy atom. The van der Waals surface area contributed by atoms with Gasteiger partial charge in [0.25, 0.3) is 0 Å². The van der Waals surface area contributed by atoms with Crippen molar-refractivity contribution < 1.29 is 4.74 Å². The van der Waals surface area contributed by atoms with Crippen molar-refractivity contribution in [2.24, 2.45) is 5.41 Å². The molecule has 2 aliphatic rings. The second kappa shape index (κ2) is 3.83. The molecule has 1 heterocycles. The zero-order chi connectivity index (χ0) is 11.9. The van der Waals surface area contributed by atoms with Crippen LogP contribution in [0.2, 0.25) is 0 Å². The van der Waals surface area contributed by atoms with Crippen LogP contribution < -0.4 is 15.0 Å². The topological polar surface area (TPSA) is 24.5 Å². The van der Waals surface area contributed by atoms with E-state index in [2.05, 4.69) is 29.4 Å². The monoisotopic (exact) mass is 232 g/mol. The van der Waals surface area contributed by atoms with Crippen LogP contribution in [0.1, 0.15) is 19.3 Å². The van der Waals surface area contributed by atoms with Crippen LogP contribution in [0.5, 0.6) is 5.75 Å². The molecule has 1 saturated carbocycles. The average Bonchev–Trinajstić information content (AvgIpc) is 2.45. The van der Waals surface area contributed by atoms with Gasteiger partial charge in [-0.25, -0.2) is 0 Å². The lowest BCUT2D eigenvalue weighted by Crippen LogP contribution is -2.43. The van der Waals surface area contributed by atoms with E-state index >= 15 is 0 Å². The van der Waals surface area contributed by atoms with Crippen LogP contribution in [0.4, 0.5) is 11.4 Å². The number of hydrogen-bond acceptors (Lipinski definition) is 3. The van der Waals surface area contributed by atoms with E-state index in [4.69, 9.17) is 4.74 Å². The molecule has 3 rings (SSSR count). The molecule has 17 heavy (non-hydrogen) atoms. The highest BCUT2D eigenvalue weighted by molar-refractivity contribution is 5.72. The van der Waals surface area contributed by atoms with Crippen molar-refractivity contribution in [2.75, 3.05) is 37.5 Å². The number of rotatable bonds is 1. The van der Waals surface area contributed by atoms with Crippen molar-refractivity contribution in [3.63, 3.8) is 0 Å². The van der Waals surface area contributed by atoms with Gasteiger partial charge in [-0.3, -0.25) is 0 Å². The first-order valence-electron chi connectivity index (χ1n) is 6.36. The summed E-state index contributed by atoms with van der Waals surface area (Å²) in [6.45, 7) is 2.26. The molecule has 3 nitrogen and oxygen atoms in total. The predicted octanol–water partition coefficient (Wildman–Crippen LogP) is 2.73. The van der Waals surface area contributed by atoms with Gasteiger partial charge >= 0.3 is 0 Å². The predicted molar refractivity (Wildman–Crippen MR) is 71.0 cm³/mol. The van der Waals surface area contributed by atoms with E-state index in [9.17, 15) is 0 Å². The van der Waals surface area contributed by atoms with Crippen molar-refractivity contribution in [3.8, 4) is 5.75 Å². The van der Waals surface area contributed by atoms with Crippen LogP contribution in [0.25, 0.3) is 0 Å². The lowest BCUT2D eigenvalue weighted by atomic mass is 9.68. The SMILES string of the molecule is COc1ccc2c(c1)NCC1(CCC1)CN2C. The Bertz CT molecular complexity index is 426. The quantitative estimate of drug-likeness (QED) is 0.805. The second-order valence-electron chi connectivity index (χ2n) is 5.45. The molecule has 1 spiro atoms. The average molecular weight is 232 g/mol. The summed E-state index contributed by atoms with van der Waals surface area (Å²) in [5, 5.41) is 3.60. The summed E-state index contributed by atoms with van der Waals surface area (Å²) in [5.74, 6) is 0.925. The normalized spacial score (nSPS) is 21.2. The Kier molecular flexibility index (Phi) is 2.42. The summed E-state index contributed by atoms with van der Waals surface area (Å²) < 4.78 is 5.29. The molecule has 1 fully saturated rings. The van der Waals surface area contributed by atoms with Crippen molar-refractivity contribution in [1.29, 1.82) is 0 Å². The van der Waals surface area contributed by atoms with Gasteiger partial charge in [-0.05, 0) is 25.0 Å². The minimum atomic E-state index is 0.501. The smallest absolute Gasteiger partial charge is 0.121 e. The molecule has 0 saturated heterocycles. The molecule has 0 amide bonds. The Morgan fingerprint density at radius 2 is 2.18 bits per heavy atom. The molecule has 1 aromatic carbocycles. The minimum absolute atomic E-state index is 0.501. The number of methoxy groups -OCH3 is 1. The number of ether oxygens (including phenoxy) is 1. The van der Waals surface area contributed by atoms with Gasteiger partial charge in [-0.2, -0.15) is 0 Å². The van der Waals surface area contributed by atoms with Gasteiger partial charge in [-0.15, -0.1) is 0 Å². The largest absolute Gasteiger partial charge is 0.497 e. The standard InChI is InChI=1S/C14H20N2O/c1-16-10-14(6-3-7-14)9-15-12-8-11(17-2)4-5-13(12)16/h4-5,8,15H,3,6-7,9-10H2,1-2H3. The van der Waals surface area contributed by atoms with Crippen molar-refractivity contribution in [1.82, 2.24) is 0 Å². The summed E-state index contributed by atoms with van der Waals surface area (Å²) in [6, 6.07) is 6.29. The first-order valence-corrected chi connectivity index (χ1v) is 6.36. The molecule has 1 aromatic rings. The van der Waals surface area contributed by atoms with E-state index in [0.717, 1.165) is 12.3 Å². The van der Waals surface area contributed by atoms with Gasteiger partial charge in [0.05, 0.1) is 18.5 Å². The summed E-state index contributed by atoms with van der Waals surface area (Å²) in [7, 11) is 3.91. The van der Waals surface area contributed by atoms with Crippen molar-refractivity contribution >= 4 is 11.4 Å². The molecule has 3 heteroatoms. The van der Waals surface area contributed by atoms with Gasteiger partial charge < -0.3 is 15.0 Å². The Balaban J connectivity index is 1.92. The molecule has 1 N–H and O–H groups in total. The Morgan fingerprint density at radius 1 is 1.35 bits per heavy atom. The molecular weight excluding hydrogens is 212 g/mol. The van der Waals surface area contributed by atoms with Gasteiger partial charge in [0, 0.05) is 31.6 Å². The summed E-state index contributed by atoms with van der Waals surface area (Å²) >= 11 is 0. The zero-order valence-corrected chi connectivity index (χ0v) is 10.6. The van der Waals surface area contributed by atoms with E-state index in [1.165, 1.54) is 37.2 Å². The summed E-state index contributed by atoms with van der Waals surface area (Å²) in [4.78, 5) is 2.38. The third-order valence-corrected chi connectivity index (χ3v) is 4.26. The highest BCUT2D eigenvalue weighted by Crippen LogP contribution is 2.45. The third-order valence-electron chi connectivity index (χ3n) is 4.26. The van der Waals surface area contributed by atoms with E-state index in [1.54, 1.807) is 7.11 Å². The summed E-state index contributed by atoms with van der Waals surface area (Å²) in [5.41, 5.74) is 2.99. The maximum atomic E-state index is 5.29. The van der Waals surface area contributed by atoms with Crippen LogP contribution in [-0.2, 0) is 0 Å². The van der Waals surface area contributed by atoms with Gasteiger partial charge in [0.1, 0.15) is 5.75 Å². The van der Waals surface area contributed by atoms with Crippen LogP contribution in [0, 0.1) is 5.41 Å². The number of nitrogens with one attached hydrogen (secondary N) is 1. The van der Waals surface area contributed by atoms with Crippen LogP contribution in [0.15, 0.2) is 18.2 Å². The molecule has 0 radical (unpaired) electrons. The maximum Gasteiger partial charge on any atom is 0.121 e. The molecule has 92 valence electrons. The van der Waals surface area contributed by atoms with E-state index in [0.29, 0.717) is 5.41 Å². The molecule has 0 unspecified atom stereocenters. The number of nitrogens with zero attached hydrogens (tertiary/aromatic N) is 1. The van der Waals surface area contributed by atoms with Gasteiger partial charge in [-0.1, -0.05) is 6.42 Å². The van der Waals surface area contributed by atoms with E-state index < -0.39 is 0 Å². The highest BCUT2D eigenvalue weighted by Gasteiger charge is 2.39. The maximum absolute atomic E-state index is 5.29. The fourth-order valence-corrected chi connectivity index (χ4v) is 3.06. The molecular formula is C14H20N2O. The highest BCUT2D eigenvalue weighted by atomic mass is 16.5. The number of anilines is 2. The molecule has 1 aliphatic heterocycles. The zero-order valence-electron chi connectivity index (χ0n) is 10.6. The van der Waals surface area contributed by atoms with Crippen LogP contribution >= 0.6 is 0 Å². The number of fused-ring (bicyclic) bond motifs is 1. The van der Waals surface area contributed by atoms with Crippen molar-refractivity contribution in [2.45, 2.75) is 19.3 Å². The fourth-order valence-electron chi connectivity index (χ4n) is 3.06. The fraction of sp³-hybridized carbons (Fsp3) is 0.571. The van der Waals surface area contributed by atoms with Gasteiger partial charge in [0.15, 0.2) is 0 Å². The lowest BCUT2D eigenvalue weighted by Gasteiger charge is -2.43. The number of benzene rings is 1. The minimum Gasteiger partial charge on any atom is -0.497 e. The first-order chi connectivity index (χ1) is 8.22. The Labute approximate surface area is 103 Å². The molecule has 0 bridgehead atoms. The first kappa shape index (κ1) is 10.8. The van der Waals surface area contributed by atoms with Crippen LogP contribution in [0.3, 0.4) is 0 Å². The molecule has 1 aliphatic carbocycles. The number of hydrogen-bond donors (Lipinski definition) is 1. The van der Waals surface area contributed by atoms with E-state index in [1.807, 2.05) is 6.07 Å². The lowest BCUT2D eigenvalue weighted by molar-refractivity contribution is 0.162. The molecule has 0 atom stereocenters. The second-order valence-corrected chi connectivity index (χ2v) is 5.45. The summed E-state index contributed by atoms with van der Waals surface area (Å²) in [6.07, 6.45) is 4.10. The van der Waals surface area contributed by atoms with Gasteiger partial charge in [0.2, 0.25) is 0 Å². The van der Waals surface area contributed by atoms with Crippen molar-refractivity contribution in [3.05, 3.63) is 18.2 Å². The Hall–Kier alpha value is -1.38. The van der Waals surface area contributed by atoms with E-state index in [-0.39, 0.29) is 0 Å².